The average molecular weight is 321 g/mol. The van der Waals surface area contributed by atoms with Gasteiger partial charge in [-0.05, 0) is 12.8 Å². The van der Waals surface area contributed by atoms with Gasteiger partial charge in [0.1, 0.15) is 0 Å². The number of halogens is 3. The molecule has 0 atom stereocenters. The van der Waals surface area contributed by atoms with E-state index < -0.39 is 44.4 Å². The Kier molecular flexibility index (Phi) is 5.66. The minimum absolute atomic E-state index is 0.0973. The molecule has 0 saturated carbocycles. The van der Waals surface area contributed by atoms with Crippen LogP contribution in [-0.4, -0.2) is 22.9 Å². The Morgan fingerprint density at radius 1 is 0.864 bits per heavy atom. The highest BCUT2D eigenvalue weighted by atomic mass is 19.2. The number of rotatable bonds is 7. The Hall–Kier alpha value is -2.39. The van der Waals surface area contributed by atoms with E-state index >= 15 is 0 Å². The fourth-order valence-corrected chi connectivity index (χ4v) is 2.13. The number of hydrogen-bond acceptors (Lipinski definition) is 5. The second-order valence-electron chi connectivity index (χ2n) is 4.49. The molecule has 0 aliphatic carbocycles. The normalized spacial score (nSPS) is 10.6. The van der Waals surface area contributed by atoms with E-state index in [0.717, 1.165) is 4.90 Å². The third kappa shape index (κ3) is 3.10. The minimum atomic E-state index is -2.23. The molecule has 0 fully saturated rings. The first-order chi connectivity index (χ1) is 10.3. The van der Waals surface area contributed by atoms with Crippen molar-refractivity contribution in [1.82, 2.24) is 0 Å². The second kappa shape index (κ2) is 7.05. The number of nitrogens with zero attached hydrogens (tertiary/aromatic N) is 3. The molecule has 10 heteroatoms. The van der Waals surface area contributed by atoms with E-state index in [9.17, 15) is 33.4 Å². The summed E-state index contributed by atoms with van der Waals surface area (Å²) in [4.78, 5) is 20.6. The zero-order valence-electron chi connectivity index (χ0n) is 11.9. The molecule has 1 rings (SSSR count). The lowest BCUT2D eigenvalue weighted by Crippen LogP contribution is -2.27. The highest BCUT2D eigenvalue weighted by Crippen LogP contribution is 2.43. The van der Waals surface area contributed by atoms with Crippen LogP contribution in [0.5, 0.6) is 0 Å². The van der Waals surface area contributed by atoms with Crippen LogP contribution in [0.15, 0.2) is 0 Å². The Morgan fingerprint density at radius 3 is 1.50 bits per heavy atom. The number of nitro groups is 2. The molecular weight excluding hydrogens is 307 g/mol. The van der Waals surface area contributed by atoms with Crippen LogP contribution in [0.4, 0.5) is 30.2 Å². The van der Waals surface area contributed by atoms with Crippen LogP contribution in [0.1, 0.15) is 26.7 Å². The van der Waals surface area contributed by atoms with Gasteiger partial charge in [0.15, 0.2) is 0 Å². The summed E-state index contributed by atoms with van der Waals surface area (Å²) < 4.78 is 40.9. The van der Waals surface area contributed by atoms with Crippen molar-refractivity contribution in [2.24, 2.45) is 0 Å². The van der Waals surface area contributed by atoms with Crippen molar-refractivity contribution in [2.75, 3.05) is 18.0 Å². The van der Waals surface area contributed by atoms with Gasteiger partial charge in [0.05, 0.1) is 9.85 Å². The van der Waals surface area contributed by atoms with Crippen LogP contribution in [0, 0.1) is 37.7 Å². The van der Waals surface area contributed by atoms with Crippen molar-refractivity contribution >= 4 is 17.1 Å². The van der Waals surface area contributed by atoms with Crippen LogP contribution >= 0.6 is 0 Å². The topological polar surface area (TPSA) is 89.5 Å². The summed E-state index contributed by atoms with van der Waals surface area (Å²) in [5.74, 6) is -6.31. The van der Waals surface area contributed by atoms with Gasteiger partial charge in [-0.25, -0.2) is 0 Å². The smallest absolute Gasteiger partial charge is 0.338 e. The molecule has 0 radical (unpaired) electrons. The molecule has 0 aliphatic rings. The fourth-order valence-electron chi connectivity index (χ4n) is 2.13. The van der Waals surface area contributed by atoms with Crippen LogP contribution in [0.3, 0.4) is 0 Å². The van der Waals surface area contributed by atoms with Crippen LogP contribution in [0.2, 0.25) is 0 Å². The molecule has 0 N–H and O–H groups in total. The molecule has 0 aliphatic heterocycles. The third-order valence-corrected chi connectivity index (χ3v) is 2.92. The van der Waals surface area contributed by atoms with Gasteiger partial charge in [-0.3, -0.25) is 20.2 Å². The largest absolute Gasteiger partial charge is 0.360 e. The summed E-state index contributed by atoms with van der Waals surface area (Å²) in [6, 6.07) is 0. The van der Waals surface area contributed by atoms with E-state index in [0.29, 0.717) is 12.8 Å². The first-order valence-corrected chi connectivity index (χ1v) is 6.51. The van der Waals surface area contributed by atoms with E-state index in [2.05, 4.69) is 0 Å². The van der Waals surface area contributed by atoms with Crippen LogP contribution in [0.25, 0.3) is 0 Å². The molecule has 0 amide bonds. The maximum absolute atomic E-state index is 13.8. The number of anilines is 1. The summed E-state index contributed by atoms with van der Waals surface area (Å²) in [6.07, 6.45) is 0.851. The number of benzene rings is 1. The Morgan fingerprint density at radius 2 is 1.23 bits per heavy atom. The number of nitro benzene ring substituents is 2. The van der Waals surface area contributed by atoms with Crippen molar-refractivity contribution in [1.29, 1.82) is 0 Å². The van der Waals surface area contributed by atoms with Gasteiger partial charge in [-0.2, -0.15) is 13.2 Å². The molecule has 0 saturated heterocycles. The van der Waals surface area contributed by atoms with E-state index in [1.165, 1.54) is 0 Å². The van der Waals surface area contributed by atoms with Gasteiger partial charge in [-0.15, -0.1) is 0 Å². The van der Waals surface area contributed by atoms with E-state index in [4.69, 9.17) is 0 Å². The quantitative estimate of drug-likeness (QED) is 0.435. The molecule has 0 aromatic heterocycles. The molecule has 1 aromatic rings. The highest BCUT2D eigenvalue weighted by molar-refractivity contribution is 5.76. The van der Waals surface area contributed by atoms with Gasteiger partial charge in [0.25, 0.3) is 0 Å². The first-order valence-electron chi connectivity index (χ1n) is 6.51. The molecule has 7 nitrogen and oxygen atoms in total. The molecular formula is C12H14F3N3O4. The molecule has 0 spiro atoms. The SMILES string of the molecule is CCCN(CCC)c1c([N+](=O)[O-])c(F)c(F)c(F)c1[N+](=O)[O-]. The summed E-state index contributed by atoms with van der Waals surface area (Å²) >= 11 is 0. The third-order valence-electron chi connectivity index (χ3n) is 2.92. The second-order valence-corrected chi connectivity index (χ2v) is 4.49. The number of hydrogen-bond donors (Lipinski definition) is 0. The summed E-state index contributed by atoms with van der Waals surface area (Å²) in [7, 11) is 0. The van der Waals surface area contributed by atoms with Gasteiger partial charge in [0.2, 0.25) is 23.1 Å². The monoisotopic (exact) mass is 321 g/mol. The fraction of sp³-hybridized carbons (Fsp3) is 0.500. The lowest BCUT2D eigenvalue weighted by molar-refractivity contribution is -0.396. The zero-order chi connectivity index (χ0) is 17.0. The maximum atomic E-state index is 13.8. The summed E-state index contributed by atoms with van der Waals surface area (Å²) in [6.45, 7) is 3.58. The highest BCUT2D eigenvalue weighted by Gasteiger charge is 2.40. The molecule has 0 heterocycles. The van der Waals surface area contributed by atoms with E-state index in [1.807, 2.05) is 0 Å². The Labute approximate surface area is 123 Å². The summed E-state index contributed by atoms with van der Waals surface area (Å²) in [5, 5.41) is 22.0. The van der Waals surface area contributed by atoms with Gasteiger partial charge in [0, 0.05) is 13.1 Å². The van der Waals surface area contributed by atoms with E-state index in [-0.39, 0.29) is 13.1 Å². The minimum Gasteiger partial charge on any atom is -0.360 e. The maximum Gasteiger partial charge on any atom is 0.338 e. The van der Waals surface area contributed by atoms with Crippen molar-refractivity contribution in [2.45, 2.75) is 26.7 Å². The predicted octanol–water partition coefficient (Wildman–Crippen LogP) is 3.55. The van der Waals surface area contributed by atoms with Crippen LogP contribution in [-0.2, 0) is 0 Å². The predicted molar refractivity (Wildman–Crippen MR) is 72.4 cm³/mol. The van der Waals surface area contributed by atoms with Crippen molar-refractivity contribution in [3.8, 4) is 0 Å². The molecule has 0 bridgehead atoms. The van der Waals surface area contributed by atoms with Gasteiger partial charge >= 0.3 is 11.4 Å². The lowest BCUT2D eigenvalue weighted by atomic mass is 10.1. The van der Waals surface area contributed by atoms with Gasteiger partial charge < -0.3 is 4.90 Å². The van der Waals surface area contributed by atoms with E-state index in [1.54, 1.807) is 13.8 Å². The molecule has 22 heavy (non-hydrogen) atoms. The van der Waals surface area contributed by atoms with Crippen LogP contribution < -0.4 is 4.90 Å². The Balaban J connectivity index is 3.83. The average Bonchev–Trinajstić information content (AvgIpc) is 2.43. The van der Waals surface area contributed by atoms with Crippen molar-refractivity contribution in [3.63, 3.8) is 0 Å². The molecule has 0 unspecified atom stereocenters. The van der Waals surface area contributed by atoms with Crippen molar-refractivity contribution < 1.29 is 23.0 Å². The Bertz CT molecular complexity index is 563. The van der Waals surface area contributed by atoms with Crippen molar-refractivity contribution in [3.05, 3.63) is 37.7 Å². The van der Waals surface area contributed by atoms with Gasteiger partial charge in [-0.1, -0.05) is 13.8 Å². The molecule has 122 valence electrons. The molecule has 1 aromatic carbocycles. The lowest BCUT2D eigenvalue weighted by Gasteiger charge is -2.23. The summed E-state index contributed by atoms with van der Waals surface area (Å²) in [5.41, 5.74) is -3.69. The zero-order valence-corrected chi connectivity index (χ0v) is 11.9. The first kappa shape index (κ1) is 17.7. The standard InChI is InChI=1S/C12H14F3N3O4/c1-3-5-16(6-4-2)12-10(17(19)20)8(14)7(13)9(15)11(12)18(21)22/h3-6H2,1-2H3.